The van der Waals surface area contributed by atoms with Crippen LogP contribution in [-0.2, 0) is 10.8 Å². The van der Waals surface area contributed by atoms with Gasteiger partial charge in [-0.1, -0.05) is 79.2 Å². The highest BCUT2D eigenvalue weighted by Crippen LogP contribution is 2.62. The van der Waals surface area contributed by atoms with Crippen molar-refractivity contribution in [3.05, 3.63) is 59.3 Å². The number of nitrogens with zero attached hydrogens (tertiary/aromatic N) is 2. The summed E-state index contributed by atoms with van der Waals surface area (Å²) in [6.07, 6.45) is 2.02. The fraction of sp³-hybridized carbons (Fsp3) is 0.464. The molecule has 3 nitrogen and oxygen atoms in total. The van der Waals surface area contributed by atoms with Gasteiger partial charge < -0.3 is 5.73 Å². The standard InChI is InChI=1S/C28H35N3/c1-8-11-21(29)23-14-17-12-9-10-13-18(17)25-30-22-15-19-20(16-24(22)31(23)25)27(4,5)28(6,7)26(19,2)3/h9-10,12-16,21H,8,11,29H2,1-7H3. The molecule has 0 bridgehead atoms. The average molecular weight is 414 g/mol. The van der Waals surface area contributed by atoms with Gasteiger partial charge in [-0.25, -0.2) is 4.98 Å². The van der Waals surface area contributed by atoms with Crippen LogP contribution in [0.15, 0.2) is 42.5 Å². The van der Waals surface area contributed by atoms with Crippen LogP contribution in [0, 0.1) is 5.41 Å². The summed E-state index contributed by atoms with van der Waals surface area (Å²) < 4.78 is 2.34. The fourth-order valence-electron chi connectivity index (χ4n) is 5.84. The van der Waals surface area contributed by atoms with Gasteiger partial charge in [0.05, 0.1) is 11.0 Å². The molecule has 2 heterocycles. The second kappa shape index (κ2) is 6.32. The topological polar surface area (TPSA) is 43.3 Å². The number of nitrogens with two attached hydrogens (primary N) is 1. The molecule has 0 aliphatic heterocycles. The lowest BCUT2D eigenvalue weighted by atomic mass is 9.59. The Morgan fingerprint density at radius 3 is 2.26 bits per heavy atom. The average Bonchev–Trinajstić information content (AvgIpc) is 3.14. The molecule has 2 N–H and O–H groups in total. The summed E-state index contributed by atoms with van der Waals surface area (Å²) in [5.41, 5.74) is 14.3. The molecule has 0 fully saturated rings. The van der Waals surface area contributed by atoms with Crippen LogP contribution < -0.4 is 5.73 Å². The van der Waals surface area contributed by atoms with Crippen LogP contribution in [0.2, 0.25) is 0 Å². The lowest BCUT2D eigenvalue weighted by Gasteiger charge is -2.44. The van der Waals surface area contributed by atoms with Crippen LogP contribution >= 0.6 is 0 Å². The van der Waals surface area contributed by atoms with Gasteiger partial charge in [0, 0.05) is 17.1 Å². The van der Waals surface area contributed by atoms with E-state index in [1.165, 1.54) is 27.4 Å². The van der Waals surface area contributed by atoms with Crippen LogP contribution in [0.5, 0.6) is 0 Å². The number of benzene rings is 2. The highest BCUT2D eigenvalue weighted by Gasteiger charge is 2.56. The van der Waals surface area contributed by atoms with E-state index in [4.69, 9.17) is 10.7 Å². The van der Waals surface area contributed by atoms with Crippen molar-refractivity contribution < 1.29 is 0 Å². The van der Waals surface area contributed by atoms with Gasteiger partial charge in [0.2, 0.25) is 0 Å². The van der Waals surface area contributed by atoms with E-state index in [1.807, 2.05) is 0 Å². The molecule has 162 valence electrons. The van der Waals surface area contributed by atoms with E-state index in [1.54, 1.807) is 0 Å². The summed E-state index contributed by atoms with van der Waals surface area (Å²) in [6.45, 7) is 16.6. The van der Waals surface area contributed by atoms with Crippen molar-refractivity contribution in [1.82, 2.24) is 9.38 Å². The molecule has 31 heavy (non-hydrogen) atoms. The minimum absolute atomic E-state index is 0.0105. The Labute approximate surface area is 185 Å². The molecule has 0 saturated heterocycles. The Morgan fingerprint density at radius 1 is 0.935 bits per heavy atom. The van der Waals surface area contributed by atoms with E-state index in [9.17, 15) is 0 Å². The van der Waals surface area contributed by atoms with Gasteiger partial charge in [-0.05, 0) is 57.4 Å². The molecular weight excluding hydrogens is 378 g/mol. The Hall–Kier alpha value is -2.39. The first kappa shape index (κ1) is 20.5. The number of pyridine rings is 1. The molecule has 1 atom stereocenters. The van der Waals surface area contributed by atoms with Crippen molar-refractivity contribution in [2.45, 2.75) is 78.2 Å². The van der Waals surface area contributed by atoms with E-state index in [2.05, 4.69) is 95.3 Å². The van der Waals surface area contributed by atoms with E-state index >= 15 is 0 Å². The Balaban J connectivity index is 1.93. The molecule has 0 amide bonds. The van der Waals surface area contributed by atoms with E-state index < -0.39 is 0 Å². The molecule has 0 spiro atoms. The summed E-state index contributed by atoms with van der Waals surface area (Å²) >= 11 is 0. The second-order valence-corrected chi connectivity index (χ2v) is 11.1. The highest BCUT2D eigenvalue weighted by atomic mass is 15.0. The van der Waals surface area contributed by atoms with Crippen molar-refractivity contribution in [1.29, 1.82) is 0 Å². The molecule has 1 aliphatic carbocycles. The Morgan fingerprint density at radius 2 is 1.58 bits per heavy atom. The molecule has 0 saturated carbocycles. The zero-order valence-electron chi connectivity index (χ0n) is 20.0. The number of imidazole rings is 1. The van der Waals surface area contributed by atoms with Crippen molar-refractivity contribution in [2.75, 3.05) is 0 Å². The quantitative estimate of drug-likeness (QED) is 0.391. The van der Waals surface area contributed by atoms with E-state index in [0.717, 1.165) is 29.7 Å². The van der Waals surface area contributed by atoms with Crippen LogP contribution in [0.25, 0.3) is 27.5 Å². The van der Waals surface area contributed by atoms with E-state index in [0.29, 0.717) is 0 Å². The molecular formula is C28H35N3. The van der Waals surface area contributed by atoms with Gasteiger partial charge in [-0.3, -0.25) is 4.40 Å². The zero-order valence-corrected chi connectivity index (χ0v) is 20.0. The largest absolute Gasteiger partial charge is 0.323 e. The monoisotopic (exact) mass is 413 g/mol. The van der Waals surface area contributed by atoms with Gasteiger partial charge >= 0.3 is 0 Å². The molecule has 4 aromatic rings. The van der Waals surface area contributed by atoms with E-state index in [-0.39, 0.29) is 22.3 Å². The molecule has 1 aliphatic rings. The van der Waals surface area contributed by atoms with Gasteiger partial charge in [0.25, 0.3) is 0 Å². The van der Waals surface area contributed by atoms with Gasteiger partial charge in [-0.2, -0.15) is 0 Å². The third kappa shape index (κ3) is 2.47. The minimum Gasteiger partial charge on any atom is -0.323 e. The van der Waals surface area contributed by atoms with Crippen molar-refractivity contribution >= 4 is 27.5 Å². The van der Waals surface area contributed by atoms with Gasteiger partial charge in [0.1, 0.15) is 5.65 Å². The first-order valence-electron chi connectivity index (χ1n) is 11.7. The lowest BCUT2D eigenvalue weighted by molar-refractivity contribution is 0.125. The maximum atomic E-state index is 6.72. The number of hydrogen-bond acceptors (Lipinski definition) is 2. The number of aromatic nitrogens is 2. The van der Waals surface area contributed by atoms with Crippen molar-refractivity contribution in [2.24, 2.45) is 11.1 Å². The lowest BCUT2D eigenvalue weighted by Crippen LogP contribution is -2.42. The fourth-order valence-corrected chi connectivity index (χ4v) is 5.84. The molecule has 2 aromatic heterocycles. The van der Waals surface area contributed by atoms with Crippen LogP contribution in [0.3, 0.4) is 0 Å². The highest BCUT2D eigenvalue weighted by molar-refractivity contribution is 5.99. The smallest absolute Gasteiger partial charge is 0.146 e. The van der Waals surface area contributed by atoms with Crippen molar-refractivity contribution in [3.8, 4) is 0 Å². The van der Waals surface area contributed by atoms with Crippen LogP contribution in [-0.4, -0.2) is 9.38 Å². The van der Waals surface area contributed by atoms with Crippen LogP contribution in [0.1, 0.15) is 84.2 Å². The summed E-state index contributed by atoms with van der Waals surface area (Å²) in [7, 11) is 0. The third-order valence-electron chi connectivity index (χ3n) is 9.01. The molecule has 2 aromatic carbocycles. The van der Waals surface area contributed by atoms with Gasteiger partial charge in [0.15, 0.2) is 0 Å². The molecule has 3 heteroatoms. The molecule has 1 unspecified atom stereocenters. The number of fused-ring (bicyclic) bond motifs is 6. The summed E-state index contributed by atoms with van der Waals surface area (Å²) in [6, 6.07) is 15.6. The van der Waals surface area contributed by atoms with Crippen molar-refractivity contribution in [3.63, 3.8) is 0 Å². The Bertz CT molecular complexity index is 1340. The summed E-state index contributed by atoms with van der Waals surface area (Å²) in [4.78, 5) is 5.19. The first-order chi connectivity index (χ1) is 14.5. The second-order valence-electron chi connectivity index (χ2n) is 11.1. The molecule has 0 radical (unpaired) electrons. The maximum absolute atomic E-state index is 6.72. The van der Waals surface area contributed by atoms with Crippen LogP contribution in [0.4, 0.5) is 0 Å². The first-order valence-corrected chi connectivity index (χ1v) is 11.7. The predicted octanol–water partition coefficient (Wildman–Crippen LogP) is 7.04. The Kier molecular flexibility index (Phi) is 4.18. The zero-order chi connectivity index (χ0) is 22.3. The summed E-state index contributed by atoms with van der Waals surface area (Å²) in [5.74, 6) is 0. The SMILES string of the molecule is CCCC(N)c1cc2ccccc2c2nc3cc4c(cc3n12)C(C)(C)C(C)(C)C4(C)C. The predicted molar refractivity (Wildman–Crippen MR) is 132 cm³/mol. The number of hydrogen-bond donors (Lipinski definition) is 1. The number of rotatable bonds is 3. The normalized spacial score (nSPS) is 19.9. The minimum atomic E-state index is -0.0105. The van der Waals surface area contributed by atoms with Gasteiger partial charge in [-0.15, -0.1) is 0 Å². The maximum Gasteiger partial charge on any atom is 0.146 e. The summed E-state index contributed by atoms with van der Waals surface area (Å²) in [5, 5.41) is 2.39. The molecule has 5 rings (SSSR count). The third-order valence-corrected chi connectivity index (χ3v) is 9.01.